The average molecular weight is 1060 g/mol. The van der Waals surface area contributed by atoms with E-state index in [2.05, 4.69) is 88.3 Å². The maximum atomic E-state index is 9.99. The van der Waals surface area contributed by atoms with Crippen molar-refractivity contribution < 1.29 is 88.3 Å². The molecule has 0 amide bonds. The number of hydrogen-bond donors (Lipinski definition) is 0. The SMILES string of the molecule is II.I[I-]I.O=C(Cl)CCl.[CH2-]C.[CH2-]CC(=O)CCl.[Y].[Y]. The molecule has 0 saturated heterocycles. The van der Waals surface area contributed by atoms with Gasteiger partial charge in [0, 0.05) is 103 Å². The number of ketones is 1. The van der Waals surface area contributed by atoms with Crippen LogP contribution in [0, 0.1) is 13.8 Å². The molecule has 0 aromatic rings. The van der Waals surface area contributed by atoms with Crippen molar-refractivity contribution in [2.24, 2.45) is 0 Å². The van der Waals surface area contributed by atoms with Crippen molar-refractivity contribution in [3.63, 3.8) is 0 Å². The summed E-state index contributed by atoms with van der Waals surface area (Å²) in [6, 6.07) is 0. The number of alkyl halides is 2. The summed E-state index contributed by atoms with van der Waals surface area (Å²) < 4.78 is 0. The monoisotopic (exact) mass is 1060 g/mol. The van der Waals surface area contributed by atoms with Gasteiger partial charge in [0.15, 0.2) is 0 Å². The fraction of sp³-hybridized carbons (Fsp3) is 0.500. The molecule has 0 bridgehead atoms. The Kier molecular flexibility index (Phi) is 127. The van der Waals surface area contributed by atoms with Crippen LogP contribution >= 0.6 is 109 Å². The Bertz CT molecular complexity index is 156. The molecule has 2 nitrogen and oxygen atoms in total. The van der Waals surface area contributed by atoms with Crippen LogP contribution in [-0.4, -0.2) is 22.8 Å². The molecule has 0 N–H and O–H groups in total. The molecule has 0 aromatic heterocycles. The second kappa shape index (κ2) is 56.2. The first-order valence-corrected chi connectivity index (χ1v) is 24.1. The number of carbonyl (C=O) groups excluding carboxylic acids is 2. The quantitative estimate of drug-likeness (QED) is 0.188. The summed E-state index contributed by atoms with van der Waals surface area (Å²) in [4.78, 5) is 19.4. The van der Waals surface area contributed by atoms with Crippen molar-refractivity contribution in [2.75, 3.05) is 11.8 Å². The molecule has 2 radical (unpaired) electrons. The third-order valence-electron chi connectivity index (χ3n) is 0.533. The fourth-order valence-electron chi connectivity index (χ4n) is 0.0668. The molecule has 0 aromatic carbocycles. The van der Waals surface area contributed by atoms with E-state index in [1.54, 1.807) is 6.92 Å². The molecule has 0 spiro atoms. The summed E-state index contributed by atoms with van der Waals surface area (Å²) in [6.07, 6.45) is 0.309. The molecule has 0 fully saturated rings. The van der Waals surface area contributed by atoms with Gasteiger partial charge in [-0.05, 0) is 11.6 Å². The Balaban J connectivity index is -0.0000000222. The van der Waals surface area contributed by atoms with Gasteiger partial charge >= 0.3 is 50.5 Å². The summed E-state index contributed by atoms with van der Waals surface area (Å²) in [5.74, 6) is 0.00193. The van der Waals surface area contributed by atoms with Gasteiger partial charge in [-0.3, -0.25) is 4.79 Å². The molecule has 20 heavy (non-hydrogen) atoms. The first-order valence-electron chi connectivity index (χ1n) is 3.83. The molecular formula is C8H13Cl3I5O2Y2-3. The number of Topliss-reactive ketones (excluding diaryl/α,β-unsaturated/α-hetero) is 1. The zero-order chi connectivity index (χ0) is 16.0. The molecule has 122 valence electrons. The Hall–Kier alpha value is 6.07. The van der Waals surface area contributed by atoms with Crippen molar-refractivity contribution in [3.8, 4) is 0 Å². The maximum Gasteiger partial charge on any atom is 0.236 e. The zero-order valence-electron chi connectivity index (χ0n) is 10.5. The zero-order valence-corrected chi connectivity index (χ0v) is 29.3. The summed E-state index contributed by atoms with van der Waals surface area (Å²) in [5.41, 5.74) is 0. The molecule has 0 aliphatic carbocycles. The Labute approximate surface area is 241 Å². The van der Waals surface area contributed by atoms with Gasteiger partial charge in [0.2, 0.25) is 5.24 Å². The number of hydrogen-bond acceptors (Lipinski definition) is 2. The van der Waals surface area contributed by atoms with E-state index in [0.717, 1.165) is 0 Å². The van der Waals surface area contributed by atoms with E-state index in [1.165, 1.54) is 0 Å². The van der Waals surface area contributed by atoms with Crippen molar-refractivity contribution in [1.82, 2.24) is 0 Å². The summed E-state index contributed by atoms with van der Waals surface area (Å²) in [7, 11) is 0. The van der Waals surface area contributed by atoms with Crippen LogP contribution in [0.5, 0.6) is 0 Å². The van der Waals surface area contributed by atoms with Crippen molar-refractivity contribution >= 4 is 120 Å². The second-order valence-electron chi connectivity index (χ2n) is 1.47. The van der Waals surface area contributed by atoms with Gasteiger partial charge < -0.3 is 18.6 Å². The second-order valence-corrected chi connectivity index (χ2v) is 18.7. The normalized spacial score (nSPS) is 6.10. The van der Waals surface area contributed by atoms with Crippen LogP contribution in [0.4, 0.5) is 0 Å². The van der Waals surface area contributed by atoms with Gasteiger partial charge in [0.1, 0.15) is 5.78 Å². The maximum absolute atomic E-state index is 9.99. The first kappa shape index (κ1) is 45.1. The predicted molar refractivity (Wildman–Crippen MR) is 114 cm³/mol. The van der Waals surface area contributed by atoms with E-state index in [1.807, 2.05) is 0 Å². The number of carbonyl (C=O) groups is 2. The van der Waals surface area contributed by atoms with Gasteiger partial charge in [0.05, 0.1) is 11.8 Å². The van der Waals surface area contributed by atoms with Crippen LogP contribution in [0.3, 0.4) is 0 Å². The number of rotatable bonds is 3. The average Bonchev–Trinajstić information content (AvgIpc) is 2.43. The van der Waals surface area contributed by atoms with Gasteiger partial charge in [-0.25, -0.2) is 0 Å². The van der Waals surface area contributed by atoms with E-state index in [9.17, 15) is 9.59 Å². The van der Waals surface area contributed by atoms with Crippen LogP contribution in [-0.2, 0) is 75.0 Å². The van der Waals surface area contributed by atoms with Gasteiger partial charge in [-0.1, -0.05) is 0 Å². The minimum absolute atomic E-state index is 0. The molecular weight excluding hydrogens is 1050 g/mol. The van der Waals surface area contributed by atoms with E-state index in [4.69, 9.17) is 34.8 Å². The summed E-state index contributed by atoms with van der Waals surface area (Å²) in [6.45, 7) is 8.32. The molecule has 0 aliphatic heterocycles. The van der Waals surface area contributed by atoms with Crippen LogP contribution < -0.4 is 13.3 Å². The third kappa shape index (κ3) is 87.9. The smallest absolute Gasteiger partial charge is 0.236 e. The van der Waals surface area contributed by atoms with Crippen LogP contribution in [0.1, 0.15) is 13.3 Å². The minimum atomic E-state index is -0.508. The molecule has 0 atom stereocenters. The van der Waals surface area contributed by atoms with Crippen LogP contribution in [0.15, 0.2) is 0 Å². The van der Waals surface area contributed by atoms with E-state index in [-0.39, 0.29) is 83.0 Å². The van der Waals surface area contributed by atoms with E-state index in [0.29, 0.717) is 19.7 Å². The molecule has 0 aliphatic rings. The molecule has 0 saturated carbocycles. The fourth-order valence-corrected chi connectivity index (χ4v) is 0.200. The van der Waals surface area contributed by atoms with Gasteiger partial charge in [-0.15, -0.1) is 29.6 Å². The topological polar surface area (TPSA) is 34.1 Å². The Morgan fingerprint density at radius 3 is 1.25 bits per heavy atom. The van der Waals surface area contributed by atoms with Crippen molar-refractivity contribution in [2.45, 2.75) is 13.3 Å². The van der Waals surface area contributed by atoms with Crippen molar-refractivity contribution in [1.29, 1.82) is 0 Å². The van der Waals surface area contributed by atoms with E-state index < -0.39 is 5.24 Å². The van der Waals surface area contributed by atoms with Crippen LogP contribution in [0.2, 0.25) is 0 Å². The first-order chi connectivity index (χ1) is 8.49. The minimum Gasteiger partial charge on any atom is -0.346 e. The third-order valence-corrected chi connectivity index (χ3v) is 1.34. The molecule has 0 rings (SSSR count). The predicted octanol–water partition coefficient (Wildman–Crippen LogP) is 3.39. The standard InChI is InChI=1S/C4H6ClO.C2H2Cl2O.C2H5.I3.I2.2Y/c1-2-4(6)3-5;3-1-2(4)5;1-2;1-3-2;1-2;;/h1-3H2;1H2;1H2,2H3;;;;/q-1;;2*-1;;;. The number of halogens is 8. The van der Waals surface area contributed by atoms with Gasteiger partial charge in [0.25, 0.3) is 0 Å². The summed E-state index contributed by atoms with van der Waals surface area (Å²) >= 11 is 24.1. The molecule has 12 heteroatoms. The summed E-state index contributed by atoms with van der Waals surface area (Å²) in [5, 5.41) is -0.508. The largest absolute Gasteiger partial charge is 0.346 e. The molecule has 0 unspecified atom stereocenters. The van der Waals surface area contributed by atoms with E-state index >= 15 is 0 Å². The van der Waals surface area contributed by atoms with Crippen molar-refractivity contribution in [3.05, 3.63) is 13.8 Å². The van der Waals surface area contributed by atoms with Gasteiger partial charge in [-0.2, -0.15) is 6.92 Å². The Morgan fingerprint density at radius 2 is 1.25 bits per heavy atom. The van der Waals surface area contributed by atoms with Crippen LogP contribution in [0.25, 0.3) is 0 Å². The molecule has 0 heterocycles. The Morgan fingerprint density at radius 1 is 1.05 bits per heavy atom.